The van der Waals surface area contributed by atoms with Crippen LogP contribution in [0.1, 0.15) is 63.6 Å². The lowest BCUT2D eigenvalue weighted by Gasteiger charge is -2.25. The van der Waals surface area contributed by atoms with Gasteiger partial charge in [-0.25, -0.2) is 9.59 Å². The van der Waals surface area contributed by atoms with Gasteiger partial charge in [0.05, 0.1) is 6.54 Å². The van der Waals surface area contributed by atoms with E-state index < -0.39 is 72.0 Å². The highest BCUT2D eigenvalue weighted by molar-refractivity contribution is 6.31. The Morgan fingerprint density at radius 1 is 0.678 bits per heavy atom. The first-order valence-corrected chi connectivity index (χ1v) is 19.3. The molecule has 0 bridgehead atoms. The van der Waals surface area contributed by atoms with E-state index in [2.05, 4.69) is 37.4 Å². The Hall–Kier alpha value is -6.36. The van der Waals surface area contributed by atoms with Gasteiger partial charge in [-0.3, -0.25) is 34.8 Å². The van der Waals surface area contributed by atoms with Crippen LogP contribution in [0.3, 0.4) is 0 Å². The average Bonchev–Trinajstić information content (AvgIpc) is 3.18. The number of phenols is 1. The Bertz CT molecular complexity index is 1890. The highest BCUT2D eigenvalue weighted by atomic mass is 35.5. The molecule has 7 amide bonds. The number of hydrogen-bond donors (Lipinski definition) is 8. The molecule has 18 heteroatoms. The molecule has 318 valence electrons. The molecule has 0 spiro atoms. The largest absolute Gasteiger partial charge is 0.508 e. The minimum absolute atomic E-state index is 0.00119. The predicted octanol–water partition coefficient (Wildman–Crippen LogP) is 3.07. The Balaban J connectivity index is 1.71. The number of benzene rings is 3. The molecule has 0 radical (unpaired) electrons. The van der Waals surface area contributed by atoms with Crippen LogP contribution in [0.5, 0.6) is 5.75 Å². The molecule has 8 N–H and O–H groups in total. The maximum atomic E-state index is 13.8. The molecule has 59 heavy (non-hydrogen) atoms. The van der Waals surface area contributed by atoms with E-state index in [-0.39, 0.29) is 38.2 Å². The number of alkyl carbamates (subject to hydrolysis) is 2. The van der Waals surface area contributed by atoms with Gasteiger partial charge in [0.2, 0.25) is 23.6 Å². The van der Waals surface area contributed by atoms with Crippen LogP contribution in [0, 0.1) is 0 Å². The van der Waals surface area contributed by atoms with Crippen molar-refractivity contribution >= 4 is 53.3 Å². The SMILES string of the molecule is CC(=O)NNC(=O)[C@H](Cc1ccccc1)NC(=O)CNC(=O)[C@@H](CCCCNC(=O)OCc1ccccc1Cl)NC(=O)[C@H](Cc1ccc(O)cc1)NC(=O)OC(C)(C)C. The molecular weight excluding hydrogens is 786 g/mol. The zero-order valence-electron chi connectivity index (χ0n) is 33.4. The topological polar surface area (TPSA) is 242 Å². The molecule has 0 aliphatic heterocycles. The van der Waals surface area contributed by atoms with E-state index >= 15 is 0 Å². The van der Waals surface area contributed by atoms with E-state index in [4.69, 9.17) is 21.1 Å². The van der Waals surface area contributed by atoms with Gasteiger partial charge in [0, 0.05) is 36.9 Å². The fourth-order valence-corrected chi connectivity index (χ4v) is 5.56. The molecule has 0 unspecified atom stereocenters. The number of rotatable bonds is 19. The molecule has 3 aromatic carbocycles. The van der Waals surface area contributed by atoms with Gasteiger partial charge in [-0.15, -0.1) is 0 Å². The third kappa shape index (κ3) is 18.6. The lowest BCUT2D eigenvalue weighted by Crippen LogP contribution is -2.56. The zero-order valence-corrected chi connectivity index (χ0v) is 34.1. The number of unbranched alkanes of at least 4 members (excludes halogenated alkanes) is 1. The van der Waals surface area contributed by atoms with Crippen LogP contribution >= 0.6 is 11.6 Å². The van der Waals surface area contributed by atoms with Crippen molar-refractivity contribution in [1.29, 1.82) is 0 Å². The molecule has 0 aliphatic rings. The molecule has 3 aromatic rings. The number of halogens is 1. The van der Waals surface area contributed by atoms with Crippen molar-refractivity contribution in [3.63, 3.8) is 0 Å². The maximum absolute atomic E-state index is 13.8. The number of ether oxygens (including phenoxy) is 2. The lowest BCUT2D eigenvalue weighted by atomic mass is 10.0. The first-order valence-electron chi connectivity index (χ1n) is 18.9. The molecule has 3 atom stereocenters. The van der Waals surface area contributed by atoms with E-state index in [1.54, 1.807) is 87.5 Å². The van der Waals surface area contributed by atoms with Crippen LogP contribution in [0.15, 0.2) is 78.9 Å². The molecule has 0 fully saturated rings. The van der Waals surface area contributed by atoms with Crippen molar-refractivity contribution in [2.45, 2.75) is 90.1 Å². The fraction of sp³-hybridized carbons (Fsp3) is 0.390. The molecule has 3 rings (SSSR count). The number of amides is 7. The Labute approximate surface area is 347 Å². The van der Waals surface area contributed by atoms with E-state index in [0.717, 1.165) is 0 Å². The molecule has 17 nitrogen and oxygen atoms in total. The van der Waals surface area contributed by atoms with Gasteiger partial charge in [0.25, 0.3) is 5.91 Å². The summed E-state index contributed by atoms with van der Waals surface area (Å²) in [6, 6.07) is 18.1. The van der Waals surface area contributed by atoms with Crippen molar-refractivity contribution in [3.8, 4) is 5.75 Å². The third-order valence-electron chi connectivity index (χ3n) is 8.24. The monoisotopic (exact) mass is 837 g/mol. The minimum atomic E-state index is -1.23. The minimum Gasteiger partial charge on any atom is -0.508 e. The van der Waals surface area contributed by atoms with E-state index in [1.807, 2.05) is 0 Å². The number of carbonyl (C=O) groups is 7. The zero-order chi connectivity index (χ0) is 43.4. The summed E-state index contributed by atoms with van der Waals surface area (Å²) in [4.78, 5) is 90.0. The number of carbonyl (C=O) groups excluding carboxylic acids is 7. The summed E-state index contributed by atoms with van der Waals surface area (Å²) in [6.07, 6.45) is -0.817. The summed E-state index contributed by atoms with van der Waals surface area (Å²) >= 11 is 6.12. The molecule has 0 heterocycles. The summed E-state index contributed by atoms with van der Waals surface area (Å²) in [7, 11) is 0. The predicted molar refractivity (Wildman–Crippen MR) is 217 cm³/mol. The van der Waals surface area contributed by atoms with Gasteiger partial charge in [-0.2, -0.15) is 0 Å². The number of hydrogen-bond acceptors (Lipinski definition) is 10. The van der Waals surface area contributed by atoms with Crippen molar-refractivity contribution < 1.29 is 48.1 Å². The van der Waals surface area contributed by atoms with Crippen LogP contribution in [0.25, 0.3) is 0 Å². The van der Waals surface area contributed by atoms with E-state index in [9.17, 15) is 38.7 Å². The first-order chi connectivity index (χ1) is 28.0. The van der Waals surface area contributed by atoms with Crippen LogP contribution in [-0.4, -0.2) is 83.6 Å². The smallest absolute Gasteiger partial charge is 0.408 e. The normalized spacial score (nSPS) is 12.4. The summed E-state index contributed by atoms with van der Waals surface area (Å²) in [5.41, 5.74) is 5.48. The third-order valence-corrected chi connectivity index (χ3v) is 8.61. The van der Waals surface area contributed by atoms with Gasteiger partial charge in [-0.1, -0.05) is 72.3 Å². The maximum Gasteiger partial charge on any atom is 0.408 e. The second kappa shape index (κ2) is 23.8. The van der Waals surface area contributed by atoms with Crippen molar-refractivity contribution in [1.82, 2.24) is 37.4 Å². The van der Waals surface area contributed by atoms with E-state index in [0.29, 0.717) is 34.6 Å². The molecular formula is C41H52ClN7O10. The van der Waals surface area contributed by atoms with Crippen LogP contribution in [0.4, 0.5) is 9.59 Å². The van der Waals surface area contributed by atoms with Gasteiger partial charge >= 0.3 is 12.2 Å². The molecule has 0 saturated carbocycles. The van der Waals surface area contributed by atoms with E-state index in [1.165, 1.54) is 19.1 Å². The molecule has 0 aliphatic carbocycles. The Kier molecular flexibility index (Phi) is 18.9. The van der Waals surface area contributed by atoms with Crippen LogP contribution < -0.4 is 37.4 Å². The van der Waals surface area contributed by atoms with Crippen molar-refractivity contribution in [2.75, 3.05) is 13.1 Å². The summed E-state index contributed by atoms with van der Waals surface area (Å²) in [5, 5.41) is 23.1. The number of phenolic OH excluding ortho intramolecular Hbond substituents is 1. The summed E-state index contributed by atoms with van der Waals surface area (Å²) < 4.78 is 10.6. The van der Waals surface area contributed by atoms with Crippen molar-refractivity contribution in [2.24, 2.45) is 0 Å². The second-order valence-corrected chi connectivity index (χ2v) is 14.8. The Morgan fingerprint density at radius 2 is 1.31 bits per heavy atom. The first kappa shape index (κ1) is 47.0. The average molecular weight is 838 g/mol. The van der Waals surface area contributed by atoms with Gasteiger partial charge in [0.15, 0.2) is 0 Å². The van der Waals surface area contributed by atoms with Crippen LogP contribution in [0.2, 0.25) is 5.02 Å². The highest BCUT2D eigenvalue weighted by Crippen LogP contribution is 2.16. The summed E-state index contributed by atoms with van der Waals surface area (Å²) in [5.74, 6) is -3.46. The van der Waals surface area contributed by atoms with Gasteiger partial charge < -0.3 is 41.2 Å². The number of hydrazine groups is 1. The molecule has 0 aromatic heterocycles. The standard InChI is InChI=1S/C41H52ClN7O10/c1-26(50)48-49-38(55)34(22-27-12-6-5-7-13-27)45-35(52)24-44-36(53)32(16-10-11-21-43-39(56)58-25-29-14-8-9-15-31(29)42)46-37(54)33(47-40(57)59-41(2,3)4)23-28-17-19-30(51)20-18-28/h5-9,12-15,17-20,32-34,51H,10-11,16,21-25H2,1-4H3,(H,43,56)(H,44,53)(H,45,52)(H,46,54)(H,47,57)(H,48,50)(H,49,55)/t32-,33+,34+/m1/s1. The quantitative estimate of drug-likeness (QED) is 0.0648. The molecule has 0 saturated heterocycles. The second-order valence-electron chi connectivity index (χ2n) is 14.4. The number of aromatic hydroxyl groups is 1. The van der Waals surface area contributed by atoms with Crippen LogP contribution in [-0.2, 0) is 52.9 Å². The highest BCUT2D eigenvalue weighted by Gasteiger charge is 2.29. The summed E-state index contributed by atoms with van der Waals surface area (Å²) in [6.45, 7) is 5.71. The fourth-order valence-electron chi connectivity index (χ4n) is 5.37. The lowest BCUT2D eigenvalue weighted by molar-refractivity contribution is -0.133. The Morgan fingerprint density at radius 3 is 1.95 bits per heavy atom. The van der Waals surface area contributed by atoms with Crippen molar-refractivity contribution in [3.05, 3.63) is 101 Å². The van der Waals surface area contributed by atoms with Gasteiger partial charge in [-0.05, 0) is 69.4 Å². The number of nitrogens with one attached hydrogen (secondary N) is 7. The van der Waals surface area contributed by atoms with Gasteiger partial charge in [0.1, 0.15) is 36.1 Å².